The molecule has 1 aromatic rings. The number of hydrogen-bond donors (Lipinski definition) is 0. The summed E-state index contributed by atoms with van der Waals surface area (Å²) >= 11 is 0. The number of hydrogen-bond acceptors (Lipinski definition) is 3. The molecule has 0 aromatic heterocycles. The van der Waals surface area contributed by atoms with Crippen molar-refractivity contribution in [1.82, 2.24) is 14.7 Å². The molecular weight excluding hydrogens is 338 g/mol. The van der Waals surface area contributed by atoms with E-state index in [4.69, 9.17) is 0 Å². The maximum absolute atomic E-state index is 12.6. The van der Waals surface area contributed by atoms with E-state index in [9.17, 15) is 9.59 Å². The molecule has 148 valence electrons. The van der Waals surface area contributed by atoms with Crippen LogP contribution in [0.4, 0.5) is 0 Å². The third-order valence-electron chi connectivity index (χ3n) is 5.96. The summed E-state index contributed by atoms with van der Waals surface area (Å²) in [4.78, 5) is 30.6. The summed E-state index contributed by atoms with van der Waals surface area (Å²) in [6, 6.07) is 11.0. The first-order chi connectivity index (χ1) is 13.1. The van der Waals surface area contributed by atoms with Crippen molar-refractivity contribution in [3.8, 4) is 0 Å². The number of rotatable bonds is 8. The van der Waals surface area contributed by atoms with Crippen molar-refractivity contribution < 1.29 is 9.59 Å². The lowest BCUT2D eigenvalue weighted by Crippen LogP contribution is -2.49. The molecular formula is C22H33N3O2. The molecule has 0 unspecified atom stereocenters. The van der Waals surface area contributed by atoms with Crippen LogP contribution in [0.15, 0.2) is 30.3 Å². The van der Waals surface area contributed by atoms with Crippen LogP contribution in [0.1, 0.15) is 44.1 Å². The molecule has 0 radical (unpaired) electrons. The number of likely N-dealkylation sites (tertiary alicyclic amines) is 2. The molecule has 2 saturated heterocycles. The lowest BCUT2D eigenvalue weighted by atomic mass is 10.0. The number of nitrogens with zero attached hydrogens (tertiary/aromatic N) is 3. The van der Waals surface area contributed by atoms with E-state index in [2.05, 4.69) is 42.3 Å². The van der Waals surface area contributed by atoms with Gasteiger partial charge in [0.05, 0.1) is 0 Å². The Bertz CT molecular complexity index is 619. The summed E-state index contributed by atoms with van der Waals surface area (Å²) in [6.45, 7) is 4.34. The van der Waals surface area contributed by atoms with Crippen LogP contribution in [-0.4, -0.2) is 72.3 Å². The van der Waals surface area contributed by atoms with Gasteiger partial charge >= 0.3 is 0 Å². The molecule has 2 aliphatic heterocycles. The SMILES string of the molecule is CN(CCc1ccccc1)[C@@H]1CCCN(C(=O)CCCN2CCCC2=O)C1. The van der Waals surface area contributed by atoms with Gasteiger partial charge in [-0.3, -0.25) is 9.59 Å². The highest BCUT2D eigenvalue weighted by Gasteiger charge is 2.26. The number of amides is 2. The van der Waals surface area contributed by atoms with Crippen molar-refractivity contribution in [3.05, 3.63) is 35.9 Å². The Morgan fingerprint density at radius 3 is 2.74 bits per heavy atom. The van der Waals surface area contributed by atoms with Crippen molar-refractivity contribution >= 4 is 11.8 Å². The van der Waals surface area contributed by atoms with E-state index in [0.29, 0.717) is 18.9 Å². The Labute approximate surface area is 163 Å². The van der Waals surface area contributed by atoms with Gasteiger partial charge in [-0.05, 0) is 44.7 Å². The summed E-state index contributed by atoms with van der Waals surface area (Å²) in [5, 5.41) is 0. The van der Waals surface area contributed by atoms with Crippen molar-refractivity contribution in [2.75, 3.05) is 39.8 Å². The number of likely N-dealkylation sites (N-methyl/N-ethyl adjacent to an activating group) is 1. The van der Waals surface area contributed by atoms with Crippen LogP contribution < -0.4 is 0 Å². The summed E-state index contributed by atoms with van der Waals surface area (Å²) in [7, 11) is 2.18. The van der Waals surface area contributed by atoms with Gasteiger partial charge in [0, 0.05) is 51.6 Å². The zero-order chi connectivity index (χ0) is 19.1. The zero-order valence-corrected chi connectivity index (χ0v) is 16.6. The highest BCUT2D eigenvalue weighted by Crippen LogP contribution is 2.17. The van der Waals surface area contributed by atoms with Crippen LogP contribution in [0.5, 0.6) is 0 Å². The first-order valence-electron chi connectivity index (χ1n) is 10.4. The standard InChI is InChI=1S/C22H33N3O2/c1-23(17-13-19-8-3-2-4-9-19)20-10-5-16-25(18-20)22(27)12-7-15-24-14-6-11-21(24)26/h2-4,8-9,20H,5-7,10-18H2,1H3/t20-/m1/s1. The molecule has 3 rings (SSSR count). The minimum atomic E-state index is 0.250. The Balaban J connectivity index is 1.39. The van der Waals surface area contributed by atoms with E-state index >= 15 is 0 Å². The van der Waals surface area contributed by atoms with E-state index < -0.39 is 0 Å². The average Bonchev–Trinajstić information content (AvgIpc) is 3.11. The van der Waals surface area contributed by atoms with Crippen molar-refractivity contribution in [1.29, 1.82) is 0 Å². The van der Waals surface area contributed by atoms with Crippen molar-refractivity contribution in [3.63, 3.8) is 0 Å². The minimum absolute atomic E-state index is 0.250. The summed E-state index contributed by atoms with van der Waals surface area (Å²) in [5.41, 5.74) is 1.37. The Kier molecular flexibility index (Phi) is 7.27. The van der Waals surface area contributed by atoms with E-state index in [-0.39, 0.29) is 11.8 Å². The molecule has 1 atom stereocenters. The molecule has 2 aliphatic rings. The molecule has 5 nitrogen and oxygen atoms in total. The zero-order valence-electron chi connectivity index (χ0n) is 16.6. The van der Waals surface area contributed by atoms with E-state index in [0.717, 1.165) is 64.8 Å². The van der Waals surface area contributed by atoms with Gasteiger partial charge in [-0.1, -0.05) is 30.3 Å². The minimum Gasteiger partial charge on any atom is -0.343 e. The predicted octanol–water partition coefficient (Wildman–Crippen LogP) is 2.55. The predicted molar refractivity (Wildman–Crippen MR) is 107 cm³/mol. The molecule has 0 N–H and O–H groups in total. The first kappa shape index (κ1) is 19.9. The van der Waals surface area contributed by atoms with E-state index in [1.54, 1.807) is 0 Å². The second-order valence-electron chi connectivity index (χ2n) is 7.94. The molecule has 2 amide bonds. The molecule has 2 fully saturated rings. The molecule has 5 heteroatoms. The van der Waals surface area contributed by atoms with Gasteiger partial charge in [0.15, 0.2) is 0 Å². The lowest BCUT2D eigenvalue weighted by Gasteiger charge is -2.38. The quantitative estimate of drug-likeness (QED) is 0.705. The van der Waals surface area contributed by atoms with Crippen LogP contribution >= 0.6 is 0 Å². The molecule has 0 spiro atoms. The normalized spacial score (nSPS) is 20.5. The van der Waals surface area contributed by atoms with Gasteiger partial charge in [-0.2, -0.15) is 0 Å². The van der Waals surface area contributed by atoms with Gasteiger partial charge in [0.25, 0.3) is 0 Å². The van der Waals surface area contributed by atoms with Crippen LogP contribution in [0.25, 0.3) is 0 Å². The summed E-state index contributed by atoms with van der Waals surface area (Å²) in [5.74, 6) is 0.503. The third-order valence-corrected chi connectivity index (χ3v) is 5.96. The van der Waals surface area contributed by atoms with Crippen LogP contribution in [0, 0.1) is 0 Å². The van der Waals surface area contributed by atoms with Crippen molar-refractivity contribution in [2.45, 2.75) is 51.0 Å². The fourth-order valence-corrected chi connectivity index (χ4v) is 4.19. The third kappa shape index (κ3) is 5.80. The van der Waals surface area contributed by atoms with Gasteiger partial charge in [0.1, 0.15) is 0 Å². The smallest absolute Gasteiger partial charge is 0.222 e. The number of piperidine rings is 1. The largest absolute Gasteiger partial charge is 0.343 e. The van der Waals surface area contributed by atoms with Crippen LogP contribution in [0.3, 0.4) is 0 Å². The molecule has 0 bridgehead atoms. The lowest BCUT2D eigenvalue weighted by molar-refractivity contribution is -0.134. The van der Waals surface area contributed by atoms with Crippen LogP contribution in [-0.2, 0) is 16.0 Å². The van der Waals surface area contributed by atoms with Gasteiger partial charge in [0.2, 0.25) is 11.8 Å². The Hall–Kier alpha value is -1.88. The van der Waals surface area contributed by atoms with E-state index in [1.807, 2.05) is 9.80 Å². The van der Waals surface area contributed by atoms with E-state index in [1.165, 1.54) is 5.56 Å². The molecule has 2 heterocycles. The highest BCUT2D eigenvalue weighted by molar-refractivity contribution is 5.78. The summed E-state index contributed by atoms with van der Waals surface area (Å²) < 4.78 is 0. The second-order valence-corrected chi connectivity index (χ2v) is 7.94. The average molecular weight is 372 g/mol. The Morgan fingerprint density at radius 1 is 1.19 bits per heavy atom. The fraction of sp³-hybridized carbons (Fsp3) is 0.636. The summed E-state index contributed by atoms with van der Waals surface area (Å²) in [6.07, 6.45) is 6.28. The molecule has 0 saturated carbocycles. The number of carbonyl (C=O) groups excluding carboxylic acids is 2. The highest BCUT2D eigenvalue weighted by atomic mass is 16.2. The van der Waals surface area contributed by atoms with Gasteiger partial charge in [-0.25, -0.2) is 0 Å². The maximum atomic E-state index is 12.6. The van der Waals surface area contributed by atoms with Gasteiger partial charge < -0.3 is 14.7 Å². The maximum Gasteiger partial charge on any atom is 0.222 e. The van der Waals surface area contributed by atoms with Crippen LogP contribution in [0.2, 0.25) is 0 Å². The van der Waals surface area contributed by atoms with Crippen molar-refractivity contribution in [2.24, 2.45) is 0 Å². The fourth-order valence-electron chi connectivity index (χ4n) is 4.19. The monoisotopic (exact) mass is 371 g/mol. The van der Waals surface area contributed by atoms with Gasteiger partial charge in [-0.15, -0.1) is 0 Å². The molecule has 27 heavy (non-hydrogen) atoms. The topological polar surface area (TPSA) is 43.9 Å². The molecule has 1 aromatic carbocycles. The number of carbonyl (C=O) groups is 2. The first-order valence-corrected chi connectivity index (χ1v) is 10.4. The number of benzene rings is 1. The second kappa shape index (κ2) is 9.88. The molecule has 0 aliphatic carbocycles. The Morgan fingerprint density at radius 2 is 2.00 bits per heavy atom.